The van der Waals surface area contributed by atoms with Crippen molar-refractivity contribution in [2.24, 2.45) is 13.0 Å². The van der Waals surface area contributed by atoms with E-state index in [9.17, 15) is 4.79 Å². The summed E-state index contributed by atoms with van der Waals surface area (Å²) >= 11 is 0. The lowest BCUT2D eigenvalue weighted by molar-refractivity contribution is -0.126. The van der Waals surface area contributed by atoms with Crippen LogP contribution in [0.1, 0.15) is 31.2 Å². The number of fused-ring (bicyclic) bond motifs is 1. The van der Waals surface area contributed by atoms with Crippen molar-refractivity contribution >= 4 is 16.8 Å². The van der Waals surface area contributed by atoms with E-state index in [1.54, 1.807) is 7.11 Å². The van der Waals surface area contributed by atoms with Crippen molar-refractivity contribution in [1.82, 2.24) is 14.8 Å². The highest BCUT2D eigenvalue weighted by Gasteiger charge is 2.30. The van der Waals surface area contributed by atoms with E-state index in [-0.39, 0.29) is 11.8 Å². The number of benzene rings is 1. The van der Waals surface area contributed by atoms with E-state index in [0.717, 1.165) is 51.1 Å². The van der Waals surface area contributed by atoms with Crippen molar-refractivity contribution in [3.63, 3.8) is 0 Å². The summed E-state index contributed by atoms with van der Waals surface area (Å²) in [5, 5.41) is 4.41. The van der Waals surface area contributed by atoms with Crippen LogP contribution in [0.4, 0.5) is 0 Å². The fourth-order valence-electron chi connectivity index (χ4n) is 3.85. The predicted molar refractivity (Wildman–Crippen MR) is 98.6 cm³/mol. The van der Waals surface area contributed by atoms with Gasteiger partial charge in [0.15, 0.2) is 0 Å². The molecule has 0 atom stereocenters. The molecule has 2 fully saturated rings. The number of ether oxygens (including phenoxy) is 1. The molecule has 0 radical (unpaired) electrons. The van der Waals surface area contributed by atoms with E-state index in [2.05, 4.69) is 40.2 Å². The molecule has 4 rings (SSSR count). The quantitative estimate of drug-likeness (QED) is 0.909. The highest BCUT2D eigenvalue weighted by atomic mass is 16.5. The number of carbonyl (C=O) groups excluding carboxylic acids is 1. The summed E-state index contributed by atoms with van der Waals surface area (Å²) in [5.74, 6) is 1.37. The summed E-state index contributed by atoms with van der Waals surface area (Å²) in [6, 6.07) is 6.72. The summed E-state index contributed by atoms with van der Waals surface area (Å²) in [4.78, 5) is 14.7. The molecular weight excluding hydrogens is 314 g/mol. The first-order chi connectivity index (χ1) is 12.1. The molecule has 1 N–H and O–H groups in total. The molecule has 1 aromatic carbocycles. The maximum Gasteiger partial charge on any atom is 0.223 e. The van der Waals surface area contributed by atoms with Crippen LogP contribution in [0.25, 0.3) is 10.9 Å². The third-order valence-corrected chi connectivity index (χ3v) is 5.56. The van der Waals surface area contributed by atoms with Gasteiger partial charge in [-0.25, -0.2) is 0 Å². The molecule has 1 saturated heterocycles. The smallest absolute Gasteiger partial charge is 0.223 e. The van der Waals surface area contributed by atoms with E-state index in [0.29, 0.717) is 6.04 Å². The lowest BCUT2D eigenvalue weighted by atomic mass is 9.95. The summed E-state index contributed by atoms with van der Waals surface area (Å²) in [6.07, 6.45) is 6.47. The number of aryl methyl sites for hydroxylation is 1. The summed E-state index contributed by atoms with van der Waals surface area (Å²) in [7, 11) is 3.80. The van der Waals surface area contributed by atoms with Crippen LogP contribution in [0.15, 0.2) is 24.4 Å². The fraction of sp³-hybridized carbons (Fsp3) is 0.550. The van der Waals surface area contributed by atoms with Crippen LogP contribution in [-0.2, 0) is 18.4 Å². The van der Waals surface area contributed by atoms with Crippen molar-refractivity contribution in [3.05, 3.63) is 30.0 Å². The Morgan fingerprint density at radius 1 is 1.24 bits per heavy atom. The van der Waals surface area contributed by atoms with Crippen molar-refractivity contribution in [1.29, 1.82) is 0 Å². The van der Waals surface area contributed by atoms with Gasteiger partial charge < -0.3 is 14.6 Å². The number of likely N-dealkylation sites (tertiary alicyclic amines) is 1. The number of carbonyl (C=O) groups is 1. The zero-order chi connectivity index (χ0) is 17.4. The standard InChI is InChI=1S/C20H27N3O2/c1-22-12-15(18-11-17(25-2)5-6-19(18)22)13-23-9-7-14(8-10-23)20(24)21-16-3-4-16/h5-6,11-12,14,16H,3-4,7-10,13H2,1-2H3,(H,21,24). The van der Waals surface area contributed by atoms with Gasteiger partial charge in [0.1, 0.15) is 5.75 Å². The van der Waals surface area contributed by atoms with Crippen molar-refractivity contribution < 1.29 is 9.53 Å². The number of hydrogen-bond donors (Lipinski definition) is 1. The normalized spacial score (nSPS) is 19.3. The number of methoxy groups -OCH3 is 1. The van der Waals surface area contributed by atoms with E-state index in [1.165, 1.54) is 16.5 Å². The zero-order valence-corrected chi connectivity index (χ0v) is 15.1. The van der Waals surface area contributed by atoms with Crippen molar-refractivity contribution in [2.45, 2.75) is 38.3 Å². The second-order valence-corrected chi connectivity index (χ2v) is 7.48. The van der Waals surface area contributed by atoms with Crippen LogP contribution in [-0.4, -0.2) is 41.6 Å². The molecule has 1 aliphatic carbocycles. The Kier molecular flexibility index (Phi) is 4.42. The first kappa shape index (κ1) is 16.5. The molecule has 0 spiro atoms. The first-order valence-electron chi connectivity index (χ1n) is 9.28. The lowest BCUT2D eigenvalue weighted by Crippen LogP contribution is -2.40. The summed E-state index contributed by atoms with van der Waals surface area (Å²) in [5.41, 5.74) is 2.56. The Labute approximate surface area is 148 Å². The molecule has 134 valence electrons. The van der Waals surface area contributed by atoms with Crippen LogP contribution in [0.2, 0.25) is 0 Å². The lowest BCUT2D eigenvalue weighted by Gasteiger charge is -2.31. The van der Waals surface area contributed by atoms with Gasteiger partial charge in [0.05, 0.1) is 7.11 Å². The van der Waals surface area contributed by atoms with Crippen LogP contribution in [0, 0.1) is 5.92 Å². The third-order valence-electron chi connectivity index (χ3n) is 5.56. The van der Waals surface area contributed by atoms with Gasteiger partial charge in [-0.1, -0.05) is 0 Å². The van der Waals surface area contributed by atoms with Crippen LogP contribution in [0.3, 0.4) is 0 Å². The molecule has 2 aromatic rings. The second-order valence-electron chi connectivity index (χ2n) is 7.48. The number of piperidine rings is 1. The van der Waals surface area contributed by atoms with E-state index in [1.807, 2.05) is 6.07 Å². The number of amides is 1. The summed E-state index contributed by atoms with van der Waals surface area (Å²) < 4.78 is 7.57. The van der Waals surface area contributed by atoms with Gasteiger partial charge in [-0.05, 0) is 62.5 Å². The molecule has 5 heteroatoms. The molecule has 25 heavy (non-hydrogen) atoms. The number of aromatic nitrogens is 1. The van der Waals surface area contributed by atoms with Crippen LogP contribution < -0.4 is 10.1 Å². The molecule has 0 bridgehead atoms. The number of nitrogens with zero attached hydrogens (tertiary/aromatic N) is 2. The van der Waals surface area contributed by atoms with Gasteiger partial charge in [-0.3, -0.25) is 9.69 Å². The average molecular weight is 341 g/mol. The maximum atomic E-state index is 12.2. The van der Waals surface area contributed by atoms with E-state index >= 15 is 0 Å². The summed E-state index contributed by atoms with van der Waals surface area (Å²) in [6.45, 7) is 2.91. The van der Waals surface area contributed by atoms with Gasteiger partial charge in [-0.2, -0.15) is 0 Å². The average Bonchev–Trinajstić information content (AvgIpc) is 3.39. The highest BCUT2D eigenvalue weighted by Crippen LogP contribution is 2.28. The Bertz CT molecular complexity index is 771. The van der Waals surface area contributed by atoms with Crippen LogP contribution in [0.5, 0.6) is 5.75 Å². The molecule has 1 aromatic heterocycles. The first-order valence-corrected chi connectivity index (χ1v) is 9.28. The minimum absolute atomic E-state index is 0.199. The molecule has 1 amide bonds. The van der Waals surface area contributed by atoms with Crippen molar-refractivity contribution in [2.75, 3.05) is 20.2 Å². The fourth-order valence-corrected chi connectivity index (χ4v) is 3.85. The van der Waals surface area contributed by atoms with Gasteiger partial charge in [0, 0.05) is 42.7 Å². The minimum atomic E-state index is 0.199. The highest BCUT2D eigenvalue weighted by molar-refractivity contribution is 5.85. The molecule has 1 saturated carbocycles. The number of nitrogens with one attached hydrogen (secondary N) is 1. The second kappa shape index (κ2) is 6.71. The molecule has 1 aliphatic heterocycles. The Morgan fingerprint density at radius 2 is 2.00 bits per heavy atom. The van der Waals surface area contributed by atoms with E-state index in [4.69, 9.17) is 4.74 Å². The third kappa shape index (κ3) is 3.52. The van der Waals surface area contributed by atoms with Gasteiger partial charge in [-0.15, -0.1) is 0 Å². The number of rotatable bonds is 5. The Balaban J connectivity index is 1.41. The SMILES string of the molecule is COc1ccc2c(c1)c(CN1CCC(C(=O)NC3CC3)CC1)cn2C. The molecule has 0 unspecified atom stereocenters. The van der Waals surface area contributed by atoms with Crippen LogP contribution >= 0.6 is 0 Å². The minimum Gasteiger partial charge on any atom is -0.497 e. The Hall–Kier alpha value is -2.01. The van der Waals surface area contributed by atoms with Crippen molar-refractivity contribution in [3.8, 4) is 5.75 Å². The van der Waals surface area contributed by atoms with Gasteiger partial charge in [0.2, 0.25) is 5.91 Å². The maximum absolute atomic E-state index is 12.2. The molecule has 5 nitrogen and oxygen atoms in total. The Morgan fingerprint density at radius 3 is 2.68 bits per heavy atom. The topological polar surface area (TPSA) is 46.5 Å². The van der Waals surface area contributed by atoms with E-state index < -0.39 is 0 Å². The predicted octanol–water partition coefficient (Wildman–Crippen LogP) is 2.68. The number of hydrogen-bond acceptors (Lipinski definition) is 3. The zero-order valence-electron chi connectivity index (χ0n) is 15.1. The molecule has 2 heterocycles. The monoisotopic (exact) mass is 341 g/mol. The largest absolute Gasteiger partial charge is 0.497 e. The molecular formula is C20H27N3O2. The van der Waals surface area contributed by atoms with Gasteiger partial charge in [0.25, 0.3) is 0 Å². The molecule has 2 aliphatic rings. The van der Waals surface area contributed by atoms with Gasteiger partial charge >= 0.3 is 0 Å².